The van der Waals surface area contributed by atoms with Gasteiger partial charge < -0.3 is 5.32 Å². The Morgan fingerprint density at radius 1 is 1.15 bits per heavy atom. The number of carbonyl (C=O) groups excluding carboxylic acids is 2. The predicted molar refractivity (Wildman–Crippen MR) is 95.5 cm³/mol. The number of anilines is 1. The van der Waals surface area contributed by atoms with Crippen LogP contribution in [0.2, 0.25) is 10.3 Å². The Kier molecular flexibility index (Phi) is 4.55. The van der Waals surface area contributed by atoms with Gasteiger partial charge in [0.2, 0.25) is 0 Å². The van der Waals surface area contributed by atoms with Gasteiger partial charge in [-0.3, -0.25) is 14.8 Å². The number of amides is 3. The molecule has 0 aliphatic carbocycles. The van der Waals surface area contributed by atoms with Crippen molar-refractivity contribution in [3.63, 3.8) is 0 Å². The number of nitrogens with zero attached hydrogens (tertiary/aromatic N) is 1. The number of nitrogens with one attached hydrogen (secondary N) is 3. The molecular formula is C15H12Cl2N4O4S. The first-order chi connectivity index (χ1) is 12.1. The smallest absolute Gasteiger partial charge is 0.320 e. The summed E-state index contributed by atoms with van der Waals surface area (Å²) >= 11 is 11.5. The number of benzene rings is 1. The standard InChI is InChI=1S/C15H12Cl2N4O4S/c1-15(13(22)19-14(23)20-15)8-3-2-4-9(7-8)21-26(24,25)10-5-6-11(16)18-12(10)17/h2-7,21H,1H3,(H2,19,20,22,23). The largest absolute Gasteiger partial charge is 0.322 e. The minimum Gasteiger partial charge on any atom is -0.320 e. The molecule has 1 unspecified atom stereocenters. The highest BCUT2D eigenvalue weighted by atomic mass is 35.5. The molecule has 1 saturated heterocycles. The molecule has 1 aromatic heterocycles. The Bertz CT molecular complexity index is 1030. The molecule has 136 valence electrons. The first kappa shape index (κ1) is 18.4. The molecule has 0 radical (unpaired) electrons. The molecule has 11 heteroatoms. The van der Waals surface area contributed by atoms with E-state index in [0.717, 1.165) is 0 Å². The van der Waals surface area contributed by atoms with Gasteiger partial charge in [-0.25, -0.2) is 18.2 Å². The van der Waals surface area contributed by atoms with E-state index >= 15 is 0 Å². The second-order valence-corrected chi connectivity index (χ2v) is 8.04. The molecule has 0 saturated carbocycles. The maximum Gasteiger partial charge on any atom is 0.322 e. The monoisotopic (exact) mass is 414 g/mol. The second-order valence-electron chi connectivity index (χ2n) is 5.64. The molecule has 26 heavy (non-hydrogen) atoms. The van der Waals surface area contributed by atoms with Crippen LogP contribution in [0.1, 0.15) is 12.5 Å². The summed E-state index contributed by atoms with van der Waals surface area (Å²) in [6.07, 6.45) is 0. The number of sulfonamides is 1. The lowest BCUT2D eigenvalue weighted by molar-refractivity contribution is -0.123. The number of hydrogen-bond donors (Lipinski definition) is 3. The Balaban J connectivity index is 1.94. The molecule has 8 nitrogen and oxygen atoms in total. The maximum absolute atomic E-state index is 12.5. The Hall–Kier alpha value is -2.36. The van der Waals surface area contributed by atoms with Crippen molar-refractivity contribution in [2.24, 2.45) is 0 Å². The van der Waals surface area contributed by atoms with Crippen molar-refractivity contribution in [3.05, 3.63) is 52.3 Å². The summed E-state index contributed by atoms with van der Waals surface area (Å²) in [6.45, 7) is 1.51. The van der Waals surface area contributed by atoms with E-state index in [9.17, 15) is 18.0 Å². The number of carbonyl (C=O) groups is 2. The third kappa shape index (κ3) is 3.33. The number of pyridine rings is 1. The van der Waals surface area contributed by atoms with Crippen LogP contribution in [0.15, 0.2) is 41.3 Å². The van der Waals surface area contributed by atoms with Crippen LogP contribution in [0.5, 0.6) is 0 Å². The average Bonchev–Trinajstić information content (AvgIpc) is 2.80. The van der Waals surface area contributed by atoms with Gasteiger partial charge in [-0.15, -0.1) is 0 Å². The van der Waals surface area contributed by atoms with E-state index in [2.05, 4.69) is 20.3 Å². The summed E-state index contributed by atoms with van der Waals surface area (Å²) in [7, 11) is -4.04. The molecular weight excluding hydrogens is 403 g/mol. The van der Waals surface area contributed by atoms with Crippen LogP contribution in [0.4, 0.5) is 10.5 Å². The van der Waals surface area contributed by atoms with Gasteiger partial charge in [-0.1, -0.05) is 35.3 Å². The van der Waals surface area contributed by atoms with Gasteiger partial charge in [-0.05, 0) is 36.8 Å². The van der Waals surface area contributed by atoms with Crippen LogP contribution in [0.3, 0.4) is 0 Å². The van der Waals surface area contributed by atoms with Gasteiger partial charge in [-0.2, -0.15) is 0 Å². The Labute approximate surface area is 159 Å². The van der Waals surface area contributed by atoms with Crippen LogP contribution in [-0.4, -0.2) is 25.3 Å². The first-order valence-corrected chi connectivity index (χ1v) is 9.45. The van der Waals surface area contributed by atoms with E-state index < -0.39 is 27.5 Å². The number of hydrogen-bond acceptors (Lipinski definition) is 5. The number of urea groups is 1. The van der Waals surface area contributed by atoms with Crippen LogP contribution in [-0.2, 0) is 20.4 Å². The molecule has 1 aliphatic heterocycles. The maximum atomic E-state index is 12.5. The van der Waals surface area contributed by atoms with Gasteiger partial charge in [0.25, 0.3) is 15.9 Å². The fraction of sp³-hybridized carbons (Fsp3) is 0.133. The predicted octanol–water partition coefficient (Wildman–Crippen LogP) is 2.24. The fourth-order valence-corrected chi connectivity index (χ4v) is 4.16. The minimum absolute atomic E-state index is 0.0619. The van der Waals surface area contributed by atoms with Crippen molar-refractivity contribution in [1.82, 2.24) is 15.6 Å². The fourth-order valence-electron chi connectivity index (χ4n) is 2.45. The van der Waals surface area contributed by atoms with E-state index in [4.69, 9.17) is 23.2 Å². The summed E-state index contributed by atoms with van der Waals surface area (Å²) < 4.78 is 27.4. The van der Waals surface area contributed by atoms with Crippen molar-refractivity contribution in [2.75, 3.05) is 4.72 Å². The zero-order chi connectivity index (χ0) is 19.1. The number of aromatic nitrogens is 1. The summed E-state index contributed by atoms with van der Waals surface area (Å²) in [6, 6.07) is 8.00. The third-order valence-corrected chi connectivity index (χ3v) is 5.83. The third-order valence-electron chi connectivity index (χ3n) is 3.81. The van der Waals surface area contributed by atoms with Gasteiger partial charge in [0.05, 0.1) is 0 Å². The molecule has 1 fully saturated rings. The van der Waals surface area contributed by atoms with Crippen LogP contribution < -0.4 is 15.4 Å². The van der Waals surface area contributed by atoms with Crippen molar-refractivity contribution in [2.45, 2.75) is 17.4 Å². The van der Waals surface area contributed by atoms with Crippen LogP contribution in [0.25, 0.3) is 0 Å². The topological polar surface area (TPSA) is 117 Å². The molecule has 0 spiro atoms. The molecule has 2 heterocycles. The molecule has 1 aliphatic rings. The van der Waals surface area contributed by atoms with Crippen molar-refractivity contribution < 1.29 is 18.0 Å². The number of rotatable bonds is 4. The molecule has 3 rings (SSSR count). The van der Waals surface area contributed by atoms with E-state index in [1.165, 1.54) is 31.2 Å². The molecule has 1 atom stereocenters. The Morgan fingerprint density at radius 3 is 2.50 bits per heavy atom. The normalized spacial score (nSPS) is 19.8. The van der Waals surface area contributed by atoms with E-state index in [1.54, 1.807) is 12.1 Å². The highest BCUT2D eigenvalue weighted by Crippen LogP contribution is 2.28. The van der Waals surface area contributed by atoms with Crippen LogP contribution >= 0.6 is 23.2 Å². The lowest BCUT2D eigenvalue weighted by atomic mass is 9.92. The molecule has 0 bridgehead atoms. The first-order valence-electron chi connectivity index (χ1n) is 7.21. The summed E-state index contributed by atoms with van der Waals surface area (Å²) in [5.41, 5.74) is -0.720. The SMILES string of the molecule is CC1(c2cccc(NS(=O)(=O)c3ccc(Cl)nc3Cl)c2)NC(=O)NC1=O. The average molecular weight is 415 g/mol. The lowest BCUT2D eigenvalue weighted by Gasteiger charge is -2.22. The van der Waals surface area contributed by atoms with Crippen molar-refractivity contribution >= 4 is 50.9 Å². The van der Waals surface area contributed by atoms with Gasteiger partial charge in [0.15, 0.2) is 5.15 Å². The molecule has 1 aromatic carbocycles. The molecule has 3 amide bonds. The zero-order valence-electron chi connectivity index (χ0n) is 13.2. The Morgan fingerprint density at radius 2 is 1.88 bits per heavy atom. The minimum atomic E-state index is -4.04. The lowest BCUT2D eigenvalue weighted by Crippen LogP contribution is -2.40. The van der Waals surface area contributed by atoms with Gasteiger partial charge >= 0.3 is 6.03 Å². The van der Waals surface area contributed by atoms with Gasteiger partial charge in [0.1, 0.15) is 15.6 Å². The quantitative estimate of drug-likeness (QED) is 0.523. The zero-order valence-corrected chi connectivity index (χ0v) is 15.5. The van der Waals surface area contributed by atoms with E-state index in [-0.39, 0.29) is 20.9 Å². The summed E-state index contributed by atoms with van der Waals surface area (Å²) in [5.74, 6) is -0.535. The highest BCUT2D eigenvalue weighted by Gasteiger charge is 2.43. The van der Waals surface area contributed by atoms with Crippen molar-refractivity contribution in [3.8, 4) is 0 Å². The second kappa shape index (κ2) is 6.42. The summed E-state index contributed by atoms with van der Waals surface area (Å²) in [5, 5.41) is 4.45. The molecule has 2 aromatic rings. The highest BCUT2D eigenvalue weighted by molar-refractivity contribution is 7.92. The number of imide groups is 1. The molecule has 3 N–H and O–H groups in total. The number of halogens is 2. The van der Waals surface area contributed by atoms with Crippen molar-refractivity contribution in [1.29, 1.82) is 0 Å². The summed E-state index contributed by atoms with van der Waals surface area (Å²) in [4.78, 5) is 26.9. The van der Waals surface area contributed by atoms with Crippen LogP contribution in [0, 0.1) is 0 Å². The van der Waals surface area contributed by atoms with Gasteiger partial charge in [0, 0.05) is 5.69 Å². The van der Waals surface area contributed by atoms with E-state index in [0.29, 0.717) is 5.56 Å². The van der Waals surface area contributed by atoms with E-state index in [1.807, 2.05) is 0 Å².